The van der Waals surface area contributed by atoms with Crippen molar-refractivity contribution in [2.24, 2.45) is 0 Å². The van der Waals surface area contributed by atoms with Crippen LogP contribution in [0.1, 0.15) is 17.3 Å². The van der Waals surface area contributed by atoms with E-state index in [9.17, 15) is 14.7 Å². The third-order valence-corrected chi connectivity index (χ3v) is 3.87. The quantitative estimate of drug-likeness (QED) is 0.656. The summed E-state index contributed by atoms with van der Waals surface area (Å²) in [6, 6.07) is 13.7. The number of carbonyl (C=O) groups is 2. The number of hydrogen-bond acceptors (Lipinski definition) is 4. The first-order valence-electron chi connectivity index (χ1n) is 6.38. The van der Waals surface area contributed by atoms with Crippen LogP contribution in [0.4, 0.5) is 5.69 Å². The Hall–Kier alpha value is -2.27. The summed E-state index contributed by atoms with van der Waals surface area (Å²) < 4.78 is 0. The normalized spacial score (nSPS) is 10.1. The Morgan fingerprint density at radius 3 is 2.48 bits per heavy atom. The minimum atomic E-state index is -0.225. The van der Waals surface area contributed by atoms with Crippen molar-refractivity contribution in [3.8, 4) is 5.75 Å². The number of nitrogens with one attached hydrogen (secondary N) is 1. The van der Waals surface area contributed by atoms with Gasteiger partial charge in [-0.15, -0.1) is 11.8 Å². The molecule has 0 fully saturated rings. The van der Waals surface area contributed by atoms with E-state index in [1.807, 2.05) is 0 Å². The molecule has 0 unspecified atom stereocenters. The lowest BCUT2D eigenvalue weighted by atomic mass is 10.1. The highest BCUT2D eigenvalue weighted by molar-refractivity contribution is 8.00. The van der Waals surface area contributed by atoms with E-state index >= 15 is 0 Å². The first-order valence-corrected chi connectivity index (χ1v) is 7.37. The second-order valence-electron chi connectivity index (χ2n) is 4.41. The van der Waals surface area contributed by atoms with Crippen LogP contribution < -0.4 is 5.32 Å². The molecule has 2 N–H and O–H groups in total. The van der Waals surface area contributed by atoms with Gasteiger partial charge in [-0.1, -0.05) is 24.3 Å². The van der Waals surface area contributed by atoms with Gasteiger partial charge >= 0.3 is 0 Å². The van der Waals surface area contributed by atoms with Crippen molar-refractivity contribution >= 4 is 29.1 Å². The molecular weight excluding hydrogens is 286 g/mol. The summed E-state index contributed by atoms with van der Waals surface area (Å²) in [5.41, 5.74) is 0.992. The van der Waals surface area contributed by atoms with Gasteiger partial charge in [-0.25, -0.2) is 0 Å². The zero-order valence-corrected chi connectivity index (χ0v) is 12.3. The number of hydrogen-bond donors (Lipinski definition) is 2. The first-order chi connectivity index (χ1) is 10.1. The highest BCUT2D eigenvalue weighted by atomic mass is 32.2. The second-order valence-corrected chi connectivity index (χ2v) is 5.42. The highest BCUT2D eigenvalue weighted by Crippen LogP contribution is 2.27. The number of phenolic OH excluding ortho intramolecular Hbond substituents is 1. The maximum absolute atomic E-state index is 11.9. The molecule has 0 aliphatic rings. The van der Waals surface area contributed by atoms with Crippen LogP contribution in [0.2, 0.25) is 0 Å². The van der Waals surface area contributed by atoms with E-state index in [0.717, 1.165) is 0 Å². The van der Waals surface area contributed by atoms with Crippen LogP contribution in [-0.4, -0.2) is 22.5 Å². The summed E-state index contributed by atoms with van der Waals surface area (Å²) in [5, 5.41) is 12.4. The van der Waals surface area contributed by atoms with Gasteiger partial charge in [0.15, 0.2) is 5.78 Å². The van der Waals surface area contributed by atoms with E-state index in [2.05, 4.69) is 5.32 Å². The topological polar surface area (TPSA) is 66.4 Å². The molecule has 0 heterocycles. The molecule has 2 rings (SSSR count). The smallest absolute Gasteiger partial charge is 0.234 e. The Morgan fingerprint density at radius 2 is 1.76 bits per heavy atom. The predicted octanol–water partition coefficient (Wildman–Crippen LogP) is 3.33. The van der Waals surface area contributed by atoms with Gasteiger partial charge in [-0.3, -0.25) is 9.59 Å². The van der Waals surface area contributed by atoms with Crippen molar-refractivity contribution in [1.29, 1.82) is 0 Å². The molecule has 0 bridgehead atoms. The molecule has 0 spiro atoms. The van der Waals surface area contributed by atoms with Gasteiger partial charge < -0.3 is 10.4 Å². The number of para-hydroxylation sites is 2. The van der Waals surface area contributed by atoms with E-state index in [1.54, 1.807) is 48.5 Å². The fraction of sp³-hybridized carbons (Fsp3) is 0.125. The van der Waals surface area contributed by atoms with Crippen molar-refractivity contribution in [3.63, 3.8) is 0 Å². The Kier molecular flexibility index (Phi) is 5.00. The molecule has 2 aromatic rings. The maximum Gasteiger partial charge on any atom is 0.234 e. The Bertz CT molecular complexity index is 670. The number of benzene rings is 2. The fourth-order valence-electron chi connectivity index (χ4n) is 1.81. The van der Waals surface area contributed by atoms with Gasteiger partial charge in [0.05, 0.1) is 11.4 Å². The summed E-state index contributed by atoms with van der Waals surface area (Å²) in [6.07, 6.45) is 0. The third-order valence-electron chi connectivity index (χ3n) is 2.80. The summed E-state index contributed by atoms with van der Waals surface area (Å²) >= 11 is 1.24. The summed E-state index contributed by atoms with van der Waals surface area (Å²) in [7, 11) is 0. The number of ketones is 1. The van der Waals surface area contributed by atoms with Crippen molar-refractivity contribution in [3.05, 3.63) is 54.1 Å². The van der Waals surface area contributed by atoms with Gasteiger partial charge in [0.1, 0.15) is 5.75 Å². The molecule has 0 atom stereocenters. The number of Topliss-reactive ketones (excluding diaryl/α,β-unsaturated/α-hetero) is 1. The van der Waals surface area contributed by atoms with E-state index < -0.39 is 0 Å². The van der Waals surface area contributed by atoms with E-state index in [0.29, 0.717) is 16.1 Å². The molecule has 4 nitrogen and oxygen atoms in total. The van der Waals surface area contributed by atoms with Gasteiger partial charge in [-0.05, 0) is 31.2 Å². The number of phenols is 1. The van der Waals surface area contributed by atoms with Gasteiger partial charge in [0.2, 0.25) is 5.91 Å². The lowest BCUT2D eigenvalue weighted by Gasteiger charge is -2.09. The molecule has 0 aromatic heterocycles. The molecule has 5 heteroatoms. The van der Waals surface area contributed by atoms with Crippen molar-refractivity contribution in [2.45, 2.75) is 11.8 Å². The van der Waals surface area contributed by atoms with Crippen LogP contribution in [0.25, 0.3) is 0 Å². The molecule has 0 radical (unpaired) electrons. The van der Waals surface area contributed by atoms with E-state index in [-0.39, 0.29) is 23.2 Å². The third kappa shape index (κ3) is 4.10. The highest BCUT2D eigenvalue weighted by Gasteiger charge is 2.10. The zero-order chi connectivity index (χ0) is 15.2. The number of thioether (sulfide) groups is 1. The maximum atomic E-state index is 11.9. The molecule has 0 saturated heterocycles. The van der Waals surface area contributed by atoms with Crippen LogP contribution in [0, 0.1) is 0 Å². The van der Waals surface area contributed by atoms with Gasteiger partial charge in [0, 0.05) is 10.5 Å². The minimum absolute atomic E-state index is 0.0979. The van der Waals surface area contributed by atoms with Gasteiger partial charge in [-0.2, -0.15) is 0 Å². The summed E-state index contributed by atoms with van der Waals surface area (Å²) in [5.74, 6) is -0.0141. The fourth-order valence-corrected chi connectivity index (χ4v) is 2.56. The van der Waals surface area contributed by atoms with Crippen LogP contribution in [-0.2, 0) is 4.79 Å². The monoisotopic (exact) mass is 301 g/mol. The Balaban J connectivity index is 2.00. The summed E-state index contributed by atoms with van der Waals surface area (Å²) in [6.45, 7) is 1.46. The minimum Gasteiger partial charge on any atom is -0.507 e. The van der Waals surface area contributed by atoms with Crippen LogP contribution in [0.3, 0.4) is 0 Å². The first kappa shape index (κ1) is 15.1. The number of rotatable bonds is 5. The zero-order valence-electron chi connectivity index (χ0n) is 11.5. The molecule has 21 heavy (non-hydrogen) atoms. The van der Waals surface area contributed by atoms with Crippen molar-refractivity contribution < 1.29 is 14.7 Å². The molecule has 1 amide bonds. The largest absolute Gasteiger partial charge is 0.507 e. The van der Waals surface area contributed by atoms with Crippen molar-refractivity contribution in [2.75, 3.05) is 11.1 Å². The van der Waals surface area contributed by atoms with Gasteiger partial charge in [0.25, 0.3) is 0 Å². The Morgan fingerprint density at radius 1 is 1.10 bits per heavy atom. The predicted molar refractivity (Wildman–Crippen MR) is 83.9 cm³/mol. The Labute approximate surface area is 127 Å². The molecular formula is C16H15NO3S. The molecule has 0 aliphatic carbocycles. The lowest BCUT2D eigenvalue weighted by molar-refractivity contribution is -0.113. The lowest BCUT2D eigenvalue weighted by Crippen LogP contribution is -2.16. The second kappa shape index (κ2) is 6.95. The number of carbonyl (C=O) groups excluding carboxylic acids is 2. The summed E-state index contributed by atoms with van der Waals surface area (Å²) in [4.78, 5) is 24.1. The molecule has 2 aromatic carbocycles. The van der Waals surface area contributed by atoms with Crippen LogP contribution in [0.5, 0.6) is 5.75 Å². The SMILES string of the molecule is CC(=O)c1ccccc1NC(=O)CSc1ccccc1O. The standard InChI is InChI=1S/C16H15NO3S/c1-11(18)12-6-2-3-7-13(12)17-16(20)10-21-15-9-5-4-8-14(15)19/h2-9,19H,10H2,1H3,(H,17,20). The number of aromatic hydroxyl groups is 1. The molecule has 108 valence electrons. The number of anilines is 1. The van der Waals surface area contributed by atoms with Crippen molar-refractivity contribution in [1.82, 2.24) is 0 Å². The van der Waals surface area contributed by atoms with E-state index in [4.69, 9.17) is 0 Å². The average molecular weight is 301 g/mol. The molecule has 0 saturated carbocycles. The average Bonchev–Trinajstić information content (AvgIpc) is 2.47. The molecule has 0 aliphatic heterocycles. The number of amides is 1. The van der Waals surface area contributed by atoms with Crippen LogP contribution in [0.15, 0.2) is 53.4 Å². The van der Waals surface area contributed by atoms with E-state index in [1.165, 1.54) is 18.7 Å². The van der Waals surface area contributed by atoms with Crippen LogP contribution >= 0.6 is 11.8 Å².